The number of nitrogens with zero attached hydrogens (tertiary/aromatic N) is 2. The predicted octanol–water partition coefficient (Wildman–Crippen LogP) is 1.74. The van der Waals surface area contributed by atoms with Crippen molar-refractivity contribution < 1.29 is 8.42 Å². The topological polar surface area (TPSA) is 62.3 Å². The second-order valence-corrected chi connectivity index (χ2v) is 6.79. The second-order valence-electron chi connectivity index (χ2n) is 4.64. The molecule has 0 amide bonds. The molecule has 5 nitrogen and oxygen atoms in total. The zero-order chi connectivity index (χ0) is 14.5. The summed E-state index contributed by atoms with van der Waals surface area (Å²) >= 11 is 5.68. The van der Waals surface area contributed by atoms with Crippen LogP contribution < -0.4 is 4.72 Å². The quantitative estimate of drug-likeness (QED) is 0.616. The van der Waals surface area contributed by atoms with Crippen LogP contribution in [0.15, 0.2) is 23.2 Å². The van der Waals surface area contributed by atoms with E-state index in [4.69, 9.17) is 11.6 Å². The average Bonchev–Trinajstić information content (AvgIpc) is 2.34. The molecular weight excluding hydrogens is 286 g/mol. The van der Waals surface area contributed by atoms with Crippen LogP contribution in [0.25, 0.3) is 0 Å². The fourth-order valence-electron chi connectivity index (χ4n) is 1.43. The third-order valence-electron chi connectivity index (χ3n) is 2.87. The van der Waals surface area contributed by atoms with Crippen LogP contribution in [-0.4, -0.2) is 44.5 Å². The third-order valence-corrected chi connectivity index (χ3v) is 4.53. The summed E-state index contributed by atoms with van der Waals surface area (Å²) in [5.74, 6) is 0. The Bertz CT molecular complexity index is 505. The number of aromatic nitrogens is 1. The summed E-state index contributed by atoms with van der Waals surface area (Å²) in [7, 11) is -1.48. The molecule has 0 aliphatic carbocycles. The van der Waals surface area contributed by atoms with E-state index in [0.717, 1.165) is 13.0 Å². The van der Waals surface area contributed by atoms with Crippen molar-refractivity contribution in [1.82, 2.24) is 14.6 Å². The van der Waals surface area contributed by atoms with E-state index in [9.17, 15) is 8.42 Å². The van der Waals surface area contributed by atoms with Gasteiger partial charge in [-0.3, -0.25) is 0 Å². The Labute approximate surface area is 120 Å². The van der Waals surface area contributed by atoms with Gasteiger partial charge in [0.15, 0.2) is 0 Å². The molecule has 0 atom stereocenters. The van der Waals surface area contributed by atoms with E-state index in [1.54, 1.807) is 0 Å². The van der Waals surface area contributed by atoms with E-state index < -0.39 is 10.0 Å². The van der Waals surface area contributed by atoms with Crippen LogP contribution in [0.1, 0.15) is 20.3 Å². The van der Waals surface area contributed by atoms with Gasteiger partial charge >= 0.3 is 0 Å². The summed E-state index contributed by atoms with van der Waals surface area (Å²) < 4.78 is 26.5. The number of halogens is 1. The first-order chi connectivity index (χ1) is 8.83. The Balaban J connectivity index is 2.48. The Morgan fingerprint density at radius 1 is 1.47 bits per heavy atom. The maximum absolute atomic E-state index is 12.0. The largest absolute Gasteiger partial charge is 0.304 e. The minimum absolute atomic E-state index is 0.143. The normalized spacial score (nSPS) is 12.3. The number of rotatable bonds is 7. The molecule has 108 valence electrons. The monoisotopic (exact) mass is 305 g/mol. The fourth-order valence-corrected chi connectivity index (χ4v) is 2.75. The molecule has 0 aliphatic heterocycles. The van der Waals surface area contributed by atoms with Gasteiger partial charge in [-0.15, -0.1) is 0 Å². The van der Waals surface area contributed by atoms with Gasteiger partial charge in [-0.1, -0.05) is 11.6 Å². The van der Waals surface area contributed by atoms with Gasteiger partial charge in [0.1, 0.15) is 5.15 Å². The van der Waals surface area contributed by atoms with Crippen molar-refractivity contribution in [2.45, 2.75) is 31.2 Å². The van der Waals surface area contributed by atoms with Crippen LogP contribution in [0.4, 0.5) is 0 Å². The lowest BCUT2D eigenvalue weighted by molar-refractivity contribution is 0.271. The molecule has 0 unspecified atom stereocenters. The van der Waals surface area contributed by atoms with Gasteiger partial charge in [0.05, 0.1) is 4.90 Å². The lowest BCUT2D eigenvalue weighted by Gasteiger charge is -2.20. The Morgan fingerprint density at radius 2 is 2.16 bits per heavy atom. The van der Waals surface area contributed by atoms with E-state index in [0.29, 0.717) is 12.6 Å². The van der Waals surface area contributed by atoms with Gasteiger partial charge in [0, 0.05) is 18.8 Å². The van der Waals surface area contributed by atoms with Crippen molar-refractivity contribution in [2.75, 3.05) is 20.1 Å². The highest BCUT2D eigenvalue weighted by atomic mass is 35.5. The number of pyridine rings is 1. The smallest absolute Gasteiger partial charge is 0.240 e. The fraction of sp³-hybridized carbons (Fsp3) is 0.583. The zero-order valence-corrected chi connectivity index (χ0v) is 13.0. The van der Waals surface area contributed by atoms with Gasteiger partial charge in [0.25, 0.3) is 0 Å². The van der Waals surface area contributed by atoms with Crippen molar-refractivity contribution >= 4 is 21.6 Å². The van der Waals surface area contributed by atoms with Crippen molar-refractivity contribution in [3.05, 3.63) is 23.5 Å². The molecule has 1 aromatic rings. The van der Waals surface area contributed by atoms with Crippen molar-refractivity contribution in [3.63, 3.8) is 0 Å². The highest BCUT2D eigenvalue weighted by Crippen LogP contribution is 2.12. The van der Waals surface area contributed by atoms with Crippen molar-refractivity contribution in [3.8, 4) is 0 Å². The molecule has 1 N–H and O–H groups in total. The number of nitrogens with one attached hydrogen (secondary N) is 1. The SMILES string of the molecule is CC(C)N(C)CCCNS(=O)(=O)c1ccnc(Cl)c1. The van der Waals surface area contributed by atoms with Gasteiger partial charge < -0.3 is 4.90 Å². The highest BCUT2D eigenvalue weighted by molar-refractivity contribution is 7.89. The number of hydrogen-bond donors (Lipinski definition) is 1. The summed E-state index contributed by atoms with van der Waals surface area (Å²) in [4.78, 5) is 6.07. The van der Waals surface area contributed by atoms with Crippen molar-refractivity contribution in [2.24, 2.45) is 0 Å². The van der Waals surface area contributed by atoms with Crippen molar-refractivity contribution in [1.29, 1.82) is 0 Å². The van der Waals surface area contributed by atoms with Crippen LogP contribution >= 0.6 is 11.6 Å². The van der Waals surface area contributed by atoms with Gasteiger partial charge in [0.2, 0.25) is 10.0 Å². The summed E-state index contributed by atoms with van der Waals surface area (Å²) in [6.45, 7) is 5.45. The molecule has 1 heterocycles. The van der Waals surface area contributed by atoms with E-state index in [1.165, 1.54) is 18.3 Å². The first kappa shape index (κ1) is 16.4. The second kappa shape index (κ2) is 7.19. The summed E-state index contributed by atoms with van der Waals surface area (Å²) in [5.41, 5.74) is 0. The number of hydrogen-bond acceptors (Lipinski definition) is 4. The molecule has 0 bridgehead atoms. The van der Waals surface area contributed by atoms with E-state index in [1.807, 2.05) is 7.05 Å². The standard InChI is InChI=1S/C12H20ClN3O2S/c1-10(2)16(3)8-4-6-15-19(17,18)11-5-7-14-12(13)9-11/h5,7,9-10,15H,4,6,8H2,1-3H3. The minimum Gasteiger partial charge on any atom is -0.304 e. The van der Waals surface area contributed by atoms with E-state index in [-0.39, 0.29) is 10.0 Å². The summed E-state index contributed by atoms with van der Waals surface area (Å²) in [6, 6.07) is 3.22. The molecule has 0 spiro atoms. The van der Waals surface area contributed by atoms with Crippen LogP contribution in [0.5, 0.6) is 0 Å². The van der Waals surface area contributed by atoms with Crippen LogP contribution in [0.3, 0.4) is 0 Å². The molecule has 0 fully saturated rings. The molecule has 0 saturated heterocycles. The maximum Gasteiger partial charge on any atom is 0.240 e. The summed E-state index contributed by atoms with van der Waals surface area (Å²) in [5, 5.41) is 0.169. The summed E-state index contributed by atoms with van der Waals surface area (Å²) in [6.07, 6.45) is 2.14. The van der Waals surface area contributed by atoms with Crippen LogP contribution in [0, 0.1) is 0 Å². The Hall–Kier alpha value is -0.690. The molecule has 1 rings (SSSR count). The molecule has 19 heavy (non-hydrogen) atoms. The lowest BCUT2D eigenvalue weighted by Crippen LogP contribution is -2.31. The van der Waals surface area contributed by atoms with E-state index in [2.05, 4.69) is 28.5 Å². The average molecular weight is 306 g/mol. The lowest BCUT2D eigenvalue weighted by atomic mass is 10.3. The molecule has 0 aliphatic rings. The Kier molecular flexibility index (Phi) is 6.19. The van der Waals surface area contributed by atoms with Crippen LogP contribution in [0.2, 0.25) is 5.15 Å². The third kappa shape index (κ3) is 5.44. The molecule has 0 aromatic carbocycles. The predicted molar refractivity (Wildman–Crippen MR) is 76.8 cm³/mol. The first-order valence-electron chi connectivity index (χ1n) is 6.14. The highest BCUT2D eigenvalue weighted by Gasteiger charge is 2.14. The molecule has 7 heteroatoms. The minimum atomic E-state index is -3.49. The van der Waals surface area contributed by atoms with Gasteiger partial charge in [-0.2, -0.15) is 0 Å². The molecular formula is C12H20ClN3O2S. The first-order valence-corrected chi connectivity index (χ1v) is 8.00. The maximum atomic E-state index is 12.0. The van der Waals surface area contributed by atoms with E-state index >= 15 is 0 Å². The zero-order valence-electron chi connectivity index (χ0n) is 11.4. The van der Waals surface area contributed by atoms with Gasteiger partial charge in [-0.05, 0) is 46.0 Å². The molecule has 1 aromatic heterocycles. The van der Waals surface area contributed by atoms with Gasteiger partial charge in [-0.25, -0.2) is 18.1 Å². The van der Waals surface area contributed by atoms with Crippen LogP contribution in [-0.2, 0) is 10.0 Å². The molecule has 0 saturated carbocycles. The molecule has 0 radical (unpaired) electrons. The Morgan fingerprint density at radius 3 is 2.74 bits per heavy atom. The number of sulfonamides is 1.